The summed E-state index contributed by atoms with van der Waals surface area (Å²) in [6.07, 6.45) is 1.67. The minimum atomic E-state index is 0.186. The number of hydrogen-bond donors (Lipinski definition) is 0. The molecule has 2 aliphatic heterocycles. The zero-order valence-electron chi connectivity index (χ0n) is 13.1. The van der Waals surface area contributed by atoms with Crippen molar-refractivity contribution in [2.75, 3.05) is 63.9 Å². The summed E-state index contributed by atoms with van der Waals surface area (Å²) in [6, 6.07) is 5.66. The molecule has 0 spiro atoms. The van der Waals surface area contributed by atoms with Gasteiger partial charge in [-0.2, -0.15) is 5.26 Å². The number of nitrogens with zero attached hydrogens (tertiary/aromatic N) is 5. The lowest BCUT2D eigenvalue weighted by atomic mass is 10.2. The molecule has 23 heavy (non-hydrogen) atoms. The molecule has 122 valence electrons. The Balaban J connectivity index is 1.50. The van der Waals surface area contributed by atoms with Crippen LogP contribution in [0.3, 0.4) is 0 Å². The Labute approximate surface area is 136 Å². The van der Waals surface area contributed by atoms with E-state index in [1.165, 1.54) is 0 Å². The highest BCUT2D eigenvalue weighted by molar-refractivity contribution is 5.78. The molecule has 0 atom stereocenters. The maximum absolute atomic E-state index is 12.3. The van der Waals surface area contributed by atoms with Gasteiger partial charge in [0.1, 0.15) is 5.82 Å². The number of aromatic nitrogens is 1. The summed E-state index contributed by atoms with van der Waals surface area (Å²) in [6.45, 7) is 6.44. The maximum Gasteiger partial charge on any atom is 0.236 e. The van der Waals surface area contributed by atoms with Gasteiger partial charge in [0, 0.05) is 45.5 Å². The fourth-order valence-electron chi connectivity index (χ4n) is 2.90. The minimum absolute atomic E-state index is 0.186. The first-order valence-electron chi connectivity index (χ1n) is 7.95. The van der Waals surface area contributed by atoms with Gasteiger partial charge in [-0.1, -0.05) is 0 Å². The van der Waals surface area contributed by atoms with Crippen molar-refractivity contribution in [3.63, 3.8) is 0 Å². The molecule has 3 rings (SSSR count). The van der Waals surface area contributed by atoms with Gasteiger partial charge in [-0.15, -0.1) is 0 Å². The van der Waals surface area contributed by atoms with E-state index < -0.39 is 0 Å². The van der Waals surface area contributed by atoms with Gasteiger partial charge in [0.25, 0.3) is 0 Å². The summed E-state index contributed by atoms with van der Waals surface area (Å²) in [4.78, 5) is 22.8. The smallest absolute Gasteiger partial charge is 0.236 e. The third kappa shape index (κ3) is 3.97. The van der Waals surface area contributed by atoms with Crippen molar-refractivity contribution in [3.05, 3.63) is 23.9 Å². The summed E-state index contributed by atoms with van der Waals surface area (Å²) in [7, 11) is 0. The third-order valence-corrected chi connectivity index (χ3v) is 4.29. The SMILES string of the molecule is N#Cc1ccnc(N2CCN(CC(=O)N3CCOCC3)CC2)c1. The molecular weight excluding hydrogens is 294 g/mol. The fraction of sp³-hybridized carbons (Fsp3) is 0.562. The summed E-state index contributed by atoms with van der Waals surface area (Å²) in [5.74, 6) is 1.02. The molecule has 3 heterocycles. The topological polar surface area (TPSA) is 72.7 Å². The fourth-order valence-corrected chi connectivity index (χ4v) is 2.90. The summed E-state index contributed by atoms with van der Waals surface area (Å²) in [5.41, 5.74) is 0.625. The van der Waals surface area contributed by atoms with Crippen LogP contribution in [0.4, 0.5) is 5.82 Å². The van der Waals surface area contributed by atoms with Gasteiger partial charge in [-0.25, -0.2) is 4.98 Å². The van der Waals surface area contributed by atoms with Crippen molar-refractivity contribution in [2.45, 2.75) is 0 Å². The van der Waals surface area contributed by atoms with Crippen molar-refractivity contribution >= 4 is 11.7 Å². The number of nitriles is 1. The molecule has 7 heteroatoms. The van der Waals surface area contributed by atoms with E-state index >= 15 is 0 Å². The monoisotopic (exact) mass is 315 g/mol. The Hall–Kier alpha value is -2.17. The zero-order valence-corrected chi connectivity index (χ0v) is 13.1. The molecule has 0 radical (unpaired) electrons. The standard InChI is InChI=1S/C16H21N5O2/c17-12-14-1-2-18-15(11-14)20-5-3-19(4-6-20)13-16(22)21-7-9-23-10-8-21/h1-2,11H,3-10,13H2. The number of morpholine rings is 1. The lowest BCUT2D eigenvalue weighted by molar-refractivity contribution is -0.136. The van der Waals surface area contributed by atoms with E-state index in [2.05, 4.69) is 20.9 Å². The average molecular weight is 315 g/mol. The van der Waals surface area contributed by atoms with Crippen LogP contribution in [0.2, 0.25) is 0 Å². The van der Waals surface area contributed by atoms with Gasteiger partial charge in [-0.05, 0) is 12.1 Å². The number of amides is 1. The number of ether oxygens (including phenoxy) is 1. The highest BCUT2D eigenvalue weighted by atomic mass is 16.5. The molecule has 2 fully saturated rings. The van der Waals surface area contributed by atoms with Crippen molar-refractivity contribution in [2.24, 2.45) is 0 Å². The Morgan fingerprint density at radius 2 is 1.96 bits per heavy atom. The Bertz CT molecular complexity index is 586. The van der Waals surface area contributed by atoms with Crippen LogP contribution in [0.25, 0.3) is 0 Å². The second-order valence-electron chi connectivity index (χ2n) is 5.77. The van der Waals surface area contributed by atoms with E-state index in [0.29, 0.717) is 38.4 Å². The van der Waals surface area contributed by atoms with Gasteiger partial charge in [-0.3, -0.25) is 9.69 Å². The first-order chi connectivity index (χ1) is 11.3. The molecule has 2 aliphatic rings. The average Bonchev–Trinajstić information content (AvgIpc) is 2.63. The van der Waals surface area contributed by atoms with E-state index in [1.54, 1.807) is 12.3 Å². The van der Waals surface area contributed by atoms with Crippen LogP contribution in [-0.4, -0.2) is 79.7 Å². The van der Waals surface area contributed by atoms with E-state index in [4.69, 9.17) is 10.00 Å². The molecule has 1 aromatic heterocycles. The van der Waals surface area contributed by atoms with Gasteiger partial charge >= 0.3 is 0 Å². The number of carbonyl (C=O) groups is 1. The number of hydrogen-bond acceptors (Lipinski definition) is 6. The predicted molar refractivity (Wildman–Crippen MR) is 85.0 cm³/mol. The first kappa shape index (κ1) is 15.7. The summed E-state index contributed by atoms with van der Waals surface area (Å²) >= 11 is 0. The number of piperazine rings is 1. The van der Waals surface area contributed by atoms with Crippen LogP contribution in [0.15, 0.2) is 18.3 Å². The molecule has 2 saturated heterocycles. The molecule has 0 unspecified atom stereocenters. The van der Waals surface area contributed by atoms with Gasteiger partial charge < -0.3 is 14.5 Å². The molecule has 7 nitrogen and oxygen atoms in total. The van der Waals surface area contributed by atoms with Crippen LogP contribution < -0.4 is 4.90 Å². The van der Waals surface area contributed by atoms with Crippen molar-refractivity contribution in [1.29, 1.82) is 5.26 Å². The van der Waals surface area contributed by atoms with E-state index in [0.717, 1.165) is 32.0 Å². The number of rotatable bonds is 3. The lowest BCUT2D eigenvalue weighted by Crippen LogP contribution is -2.51. The highest BCUT2D eigenvalue weighted by Gasteiger charge is 2.23. The second kappa shape index (κ2) is 7.40. The van der Waals surface area contributed by atoms with Crippen LogP contribution in [-0.2, 0) is 9.53 Å². The summed E-state index contributed by atoms with van der Waals surface area (Å²) in [5, 5.41) is 8.97. The van der Waals surface area contributed by atoms with Crippen LogP contribution in [0, 0.1) is 11.3 Å². The largest absolute Gasteiger partial charge is 0.378 e. The quantitative estimate of drug-likeness (QED) is 0.778. The van der Waals surface area contributed by atoms with Crippen molar-refractivity contribution < 1.29 is 9.53 Å². The van der Waals surface area contributed by atoms with E-state index in [1.807, 2.05) is 11.0 Å². The molecule has 0 N–H and O–H groups in total. The number of anilines is 1. The van der Waals surface area contributed by atoms with Gasteiger partial charge in [0.05, 0.1) is 31.4 Å². The highest BCUT2D eigenvalue weighted by Crippen LogP contribution is 2.15. The van der Waals surface area contributed by atoms with Crippen LogP contribution >= 0.6 is 0 Å². The molecule has 0 aliphatic carbocycles. The maximum atomic E-state index is 12.3. The third-order valence-electron chi connectivity index (χ3n) is 4.29. The number of pyridine rings is 1. The Morgan fingerprint density at radius 3 is 2.65 bits per heavy atom. The zero-order chi connectivity index (χ0) is 16.1. The normalized spacial score (nSPS) is 19.4. The number of carbonyl (C=O) groups excluding carboxylic acids is 1. The minimum Gasteiger partial charge on any atom is -0.378 e. The predicted octanol–water partition coefficient (Wildman–Crippen LogP) is -0.0659. The molecule has 1 aromatic rings. The first-order valence-corrected chi connectivity index (χ1v) is 7.95. The second-order valence-corrected chi connectivity index (χ2v) is 5.77. The summed E-state index contributed by atoms with van der Waals surface area (Å²) < 4.78 is 5.28. The Morgan fingerprint density at radius 1 is 1.22 bits per heavy atom. The molecule has 0 aromatic carbocycles. The molecule has 1 amide bonds. The van der Waals surface area contributed by atoms with Crippen molar-refractivity contribution in [1.82, 2.24) is 14.8 Å². The van der Waals surface area contributed by atoms with E-state index in [9.17, 15) is 4.79 Å². The van der Waals surface area contributed by atoms with Gasteiger partial charge in [0.15, 0.2) is 0 Å². The van der Waals surface area contributed by atoms with Crippen molar-refractivity contribution in [3.8, 4) is 6.07 Å². The Kier molecular flexibility index (Phi) is 5.05. The molecule has 0 saturated carbocycles. The van der Waals surface area contributed by atoms with Gasteiger partial charge in [0.2, 0.25) is 5.91 Å². The van der Waals surface area contributed by atoms with Crippen LogP contribution in [0.1, 0.15) is 5.56 Å². The van der Waals surface area contributed by atoms with Crippen LogP contribution in [0.5, 0.6) is 0 Å². The molecule has 0 bridgehead atoms. The van der Waals surface area contributed by atoms with E-state index in [-0.39, 0.29) is 5.91 Å². The molecular formula is C16H21N5O2. The lowest BCUT2D eigenvalue weighted by Gasteiger charge is -2.36.